The van der Waals surface area contributed by atoms with Crippen molar-refractivity contribution >= 4 is 0 Å². The zero-order valence-electron chi connectivity index (χ0n) is 10.8. The molecule has 0 amide bonds. The Balaban J connectivity index is 2.38. The molecule has 2 aromatic carbocycles. The first-order valence-corrected chi connectivity index (χ1v) is 5.96. The fourth-order valence-electron chi connectivity index (χ4n) is 1.74. The van der Waals surface area contributed by atoms with Crippen LogP contribution in [0.5, 0.6) is 11.5 Å². The van der Waals surface area contributed by atoms with Crippen LogP contribution in [0.3, 0.4) is 0 Å². The molecule has 0 radical (unpaired) electrons. The number of rotatable bonds is 3. The Morgan fingerprint density at radius 2 is 1.74 bits per heavy atom. The van der Waals surface area contributed by atoms with Crippen LogP contribution >= 0.6 is 0 Å². The molecule has 0 spiro atoms. The summed E-state index contributed by atoms with van der Waals surface area (Å²) in [4.78, 5) is 0. The van der Waals surface area contributed by atoms with Crippen LogP contribution in [0.2, 0.25) is 0 Å². The Labute approximate surface area is 110 Å². The standard InChI is InChI=1S/C15H15F2NO/c1-9-7-15(13(10(2)18)8-14(9)17)19-12-5-3-11(16)4-6-12/h3-8,10H,18H2,1-2H3/t10-/m1/s1. The summed E-state index contributed by atoms with van der Waals surface area (Å²) >= 11 is 0. The third-order valence-corrected chi connectivity index (χ3v) is 2.82. The molecule has 0 saturated carbocycles. The van der Waals surface area contributed by atoms with Crippen LogP contribution in [0, 0.1) is 18.6 Å². The molecule has 0 aliphatic carbocycles. The van der Waals surface area contributed by atoms with Crippen LogP contribution in [0.15, 0.2) is 36.4 Å². The molecule has 0 aliphatic heterocycles. The lowest BCUT2D eigenvalue weighted by Gasteiger charge is -2.15. The summed E-state index contributed by atoms with van der Waals surface area (Å²) < 4.78 is 32.0. The van der Waals surface area contributed by atoms with Gasteiger partial charge in [0.1, 0.15) is 23.1 Å². The summed E-state index contributed by atoms with van der Waals surface area (Å²) in [6.07, 6.45) is 0. The van der Waals surface area contributed by atoms with Gasteiger partial charge in [0.25, 0.3) is 0 Å². The van der Waals surface area contributed by atoms with Crippen molar-refractivity contribution in [1.29, 1.82) is 0 Å². The molecular formula is C15H15F2NO. The van der Waals surface area contributed by atoms with Crippen molar-refractivity contribution < 1.29 is 13.5 Å². The summed E-state index contributed by atoms with van der Waals surface area (Å²) in [5.74, 6) is 0.309. The fourth-order valence-corrected chi connectivity index (χ4v) is 1.74. The van der Waals surface area contributed by atoms with Gasteiger partial charge in [-0.15, -0.1) is 0 Å². The van der Waals surface area contributed by atoms with E-state index in [1.165, 1.54) is 30.3 Å². The molecule has 19 heavy (non-hydrogen) atoms. The molecule has 0 unspecified atom stereocenters. The predicted octanol–water partition coefficient (Wildman–Crippen LogP) is 4.09. The van der Waals surface area contributed by atoms with E-state index in [1.807, 2.05) is 0 Å². The largest absolute Gasteiger partial charge is 0.457 e. The molecule has 0 heterocycles. The Bertz CT molecular complexity index is 579. The lowest BCUT2D eigenvalue weighted by atomic mass is 10.1. The Morgan fingerprint density at radius 1 is 1.11 bits per heavy atom. The smallest absolute Gasteiger partial charge is 0.132 e. The van der Waals surface area contributed by atoms with Crippen molar-refractivity contribution in [1.82, 2.24) is 0 Å². The SMILES string of the molecule is Cc1cc(Oc2ccc(F)cc2)c([C@@H](C)N)cc1F. The summed E-state index contributed by atoms with van der Waals surface area (Å²) in [5, 5.41) is 0. The highest BCUT2D eigenvalue weighted by Gasteiger charge is 2.13. The maximum Gasteiger partial charge on any atom is 0.132 e. The second-order valence-electron chi connectivity index (χ2n) is 4.48. The highest BCUT2D eigenvalue weighted by atomic mass is 19.1. The first kappa shape index (κ1) is 13.5. The highest BCUT2D eigenvalue weighted by molar-refractivity contribution is 5.42. The van der Waals surface area contributed by atoms with Gasteiger partial charge in [0.15, 0.2) is 0 Å². The molecule has 0 aliphatic rings. The number of benzene rings is 2. The molecule has 2 aromatic rings. The number of halogens is 2. The van der Waals surface area contributed by atoms with Crippen molar-refractivity contribution in [2.45, 2.75) is 19.9 Å². The van der Waals surface area contributed by atoms with Crippen molar-refractivity contribution in [3.8, 4) is 11.5 Å². The minimum absolute atomic E-state index is 0.321. The van der Waals surface area contributed by atoms with Crippen LogP contribution in [-0.4, -0.2) is 0 Å². The third kappa shape index (κ3) is 3.09. The molecule has 2 nitrogen and oxygen atoms in total. The number of ether oxygens (including phenoxy) is 1. The molecule has 0 aromatic heterocycles. The van der Waals surface area contributed by atoms with E-state index in [-0.39, 0.29) is 17.7 Å². The minimum Gasteiger partial charge on any atom is -0.457 e. The Morgan fingerprint density at radius 3 is 2.32 bits per heavy atom. The monoisotopic (exact) mass is 263 g/mol. The van der Waals surface area contributed by atoms with Gasteiger partial charge in [-0.3, -0.25) is 0 Å². The average Bonchev–Trinajstić information content (AvgIpc) is 2.36. The predicted molar refractivity (Wildman–Crippen MR) is 70.2 cm³/mol. The van der Waals surface area contributed by atoms with Crippen molar-refractivity contribution in [2.75, 3.05) is 0 Å². The van der Waals surface area contributed by atoms with E-state index in [2.05, 4.69) is 0 Å². The van der Waals surface area contributed by atoms with E-state index in [9.17, 15) is 8.78 Å². The quantitative estimate of drug-likeness (QED) is 0.905. The molecule has 1 atom stereocenters. The van der Waals surface area contributed by atoms with E-state index in [0.717, 1.165) is 0 Å². The van der Waals surface area contributed by atoms with Crippen molar-refractivity contribution in [3.63, 3.8) is 0 Å². The van der Waals surface area contributed by atoms with Gasteiger partial charge in [-0.05, 0) is 55.8 Å². The summed E-state index contributed by atoms with van der Waals surface area (Å²) in [7, 11) is 0. The molecule has 4 heteroatoms. The number of hydrogen-bond donors (Lipinski definition) is 1. The fraction of sp³-hybridized carbons (Fsp3) is 0.200. The molecule has 2 rings (SSSR count). The van der Waals surface area contributed by atoms with E-state index < -0.39 is 0 Å². The van der Waals surface area contributed by atoms with E-state index in [4.69, 9.17) is 10.5 Å². The topological polar surface area (TPSA) is 35.2 Å². The molecule has 0 fully saturated rings. The van der Waals surface area contributed by atoms with Gasteiger partial charge in [0.05, 0.1) is 0 Å². The molecular weight excluding hydrogens is 248 g/mol. The van der Waals surface area contributed by atoms with Crippen LogP contribution in [0.1, 0.15) is 24.1 Å². The van der Waals surface area contributed by atoms with Gasteiger partial charge in [-0.2, -0.15) is 0 Å². The number of aryl methyl sites for hydroxylation is 1. The lowest BCUT2D eigenvalue weighted by Crippen LogP contribution is -2.08. The average molecular weight is 263 g/mol. The molecule has 100 valence electrons. The maximum absolute atomic E-state index is 13.6. The van der Waals surface area contributed by atoms with E-state index in [1.54, 1.807) is 19.9 Å². The highest BCUT2D eigenvalue weighted by Crippen LogP contribution is 2.31. The van der Waals surface area contributed by atoms with Gasteiger partial charge in [0, 0.05) is 11.6 Å². The van der Waals surface area contributed by atoms with Crippen LogP contribution in [0.25, 0.3) is 0 Å². The van der Waals surface area contributed by atoms with Gasteiger partial charge in [-0.1, -0.05) is 0 Å². The first-order chi connectivity index (χ1) is 8.97. The second kappa shape index (κ2) is 5.36. The van der Waals surface area contributed by atoms with Crippen LogP contribution in [0.4, 0.5) is 8.78 Å². The summed E-state index contributed by atoms with van der Waals surface area (Å²) in [6, 6.07) is 8.24. The molecule has 0 saturated heterocycles. The second-order valence-corrected chi connectivity index (χ2v) is 4.48. The van der Waals surface area contributed by atoms with Crippen LogP contribution < -0.4 is 10.5 Å². The number of nitrogens with two attached hydrogens (primary N) is 1. The minimum atomic E-state index is -0.356. The van der Waals surface area contributed by atoms with Gasteiger partial charge in [0.2, 0.25) is 0 Å². The van der Waals surface area contributed by atoms with Gasteiger partial charge >= 0.3 is 0 Å². The zero-order valence-corrected chi connectivity index (χ0v) is 10.8. The zero-order chi connectivity index (χ0) is 14.0. The van der Waals surface area contributed by atoms with Crippen molar-refractivity contribution in [3.05, 3.63) is 59.2 Å². The normalized spacial score (nSPS) is 12.3. The van der Waals surface area contributed by atoms with Gasteiger partial charge < -0.3 is 10.5 Å². The number of hydrogen-bond acceptors (Lipinski definition) is 2. The Kier molecular flexibility index (Phi) is 3.81. The van der Waals surface area contributed by atoms with E-state index >= 15 is 0 Å². The lowest BCUT2D eigenvalue weighted by molar-refractivity contribution is 0.466. The third-order valence-electron chi connectivity index (χ3n) is 2.82. The first-order valence-electron chi connectivity index (χ1n) is 5.96. The molecule has 0 bridgehead atoms. The summed E-state index contributed by atoms with van der Waals surface area (Å²) in [5.41, 5.74) is 6.85. The summed E-state index contributed by atoms with van der Waals surface area (Å²) in [6.45, 7) is 3.40. The molecule has 2 N–H and O–H groups in total. The van der Waals surface area contributed by atoms with E-state index in [0.29, 0.717) is 22.6 Å². The van der Waals surface area contributed by atoms with Crippen molar-refractivity contribution in [2.24, 2.45) is 5.73 Å². The maximum atomic E-state index is 13.6. The Hall–Kier alpha value is -1.94. The van der Waals surface area contributed by atoms with Crippen LogP contribution in [-0.2, 0) is 0 Å². The van der Waals surface area contributed by atoms with Gasteiger partial charge in [-0.25, -0.2) is 8.78 Å².